The van der Waals surface area contributed by atoms with Crippen molar-refractivity contribution < 1.29 is 12.6 Å². The van der Waals surface area contributed by atoms with Crippen molar-refractivity contribution in [3.8, 4) is 6.07 Å². The Morgan fingerprint density at radius 3 is 2.70 bits per heavy atom. The number of nitrogens with zero attached hydrogens (tertiary/aromatic N) is 1. The van der Waals surface area contributed by atoms with Crippen LogP contribution in [0.2, 0.25) is 5.02 Å². The van der Waals surface area contributed by atoms with Crippen LogP contribution in [0, 0.1) is 11.3 Å². The van der Waals surface area contributed by atoms with Crippen molar-refractivity contribution in [1.29, 1.82) is 5.26 Å². The normalized spacial score (nSPS) is 14.5. The molecule has 1 N–H and O–H groups in total. The van der Waals surface area contributed by atoms with E-state index in [2.05, 4.69) is 4.72 Å². The Morgan fingerprint density at radius 1 is 1.50 bits per heavy atom. The maximum atomic E-state index is 12.2. The van der Waals surface area contributed by atoms with Crippen LogP contribution < -0.4 is 4.72 Å². The van der Waals surface area contributed by atoms with Crippen molar-refractivity contribution in [2.24, 2.45) is 0 Å². The van der Waals surface area contributed by atoms with Crippen molar-refractivity contribution in [1.82, 2.24) is 4.72 Å². The molecule has 0 heterocycles. The van der Waals surface area contributed by atoms with Gasteiger partial charge in [-0.3, -0.25) is 4.21 Å². The topological polar surface area (TPSA) is 87.0 Å². The van der Waals surface area contributed by atoms with E-state index in [-0.39, 0.29) is 21.5 Å². The first-order chi connectivity index (χ1) is 9.26. The average molecular weight is 335 g/mol. The smallest absolute Gasteiger partial charge is 0.242 e. The van der Waals surface area contributed by atoms with Gasteiger partial charge in [0.25, 0.3) is 0 Å². The van der Waals surface area contributed by atoms with Crippen LogP contribution in [0.15, 0.2) is 23.1 Å². The Morgan fingerprint density at radius 2 is 2.15 bits per heavy atom. The van der Waals surface area contributed by atoms with Gasteiger partial charge in [-0.15, -0.1) is 0 Å². The van der Waals surface area contributed by atoms with Crippen molar-refractivity contribution in [3.63, 3.8) is 0 Å². The highest BCUT2D eigenvalue weighted by molar-refractivity contribution is 7.89. The van der Waals surface area contributed by atoms with Gasteiger partial charge < -0.3 is 0 Å². The van der Waals surface area contributed by atoms with Gasteiger partial charge in [0, 0.05) is 28.9 Å². The SMILES string of the molecule is CC(CCS(C)=O)NS(=O)(=O)c1cc(C#N)ccc1Cl. The Kier molecular flexibility index (Phi) is 6.14. The van der Waals surface area contributed by atoms with E-state index in [1.807, 2.05) is 6.07 Å². The molecule has 0 fully saturated rings. The summed E-state index contributed by atoms with van der Waals surface area (Å²) in [5, 5.41) is 8.86. The lowest BCUT2D eigenvalue weighted by atomic mass is 10.2. The second-order valence-corrected chi connectivity index (χ2v) is 7.99. The molecule has 0 saturated carbocycles. The van der Waals surface area contributed by atoms with Crippen molar-refractivity contribution >= 4 is 32.4 Å². The number of benzene rings is 1. The molecule has 2 unspecified atom stereocenters. The van der Waals surface area contributed by atoms with Gasteiger partial charge in [-0.05, 0) is 31.5 Å². The van der Waals surface area contributed by atoms with Gasteiger partial charge >= 0.3 is 0 Å². The molecule has 0 aliphatic carbocycles. The fourth-order valence-corrected chi connectivity index (χ4v) is 4.00. The molecule has 0 saturated heterocycles. The number of nitriles is 1. The quantitative estimate of drug-likeness (QED) is 0.856. The van der Waals surface area contributed by atoms with Crippen LogP contribution in [0.25, 0.3) is 0 Å². The van der Waals surface area contributed by atoms with Gasteiger partial charge in [0.2, 0.25) is 10.0 Å². The monoisotopic (exact) mass is 334 g/mol. The van der Waals surface area contributed by atoms with Gasteiger partial charge in [-0.25, -0.2) is 13.1 Å². The first kappa shape index (κ1) is 17.1. The summed E-state index contributed by atoms with van der Waals surface area (Å²) in [6.07, 6.45) is 2.02. The maximum Gasteiger partial charge on any atom is 0.242 e. The number of nitrogens with one attached hydrogen (secondary N) is 1. The molecule has 0 aromatic heterocycles. The van der Waals surface area contributed by atoms with Crippen LogP contribution in [0.3, 0.4) is 0 Å². The molecule has 20 heavy (non-hydrogen) atoms. The van der Waals surface area contributed by atoms with Gasteiger partial charge in [0.15, 0.2) is 0 Å². The number of sulfonamides is 1. The molecular weight excluding hydrogens is 320 g/mol. The molecule has 0 amide bonds. The summed E-state index contributed by atoms with van der Waals surface area (Å²) in [5.41, 5.74) is 0.220. The number of rotatable bonds is 6. The Bertz CT molecular complexity index is 653. The van der Waals surface area contributed by atoms with Gasteiger partial charge in [0.05, 0.1) is 16.7 Å². The lowest BCUT2D eigenvalue weighted by Crippen LogP contribution is -2.33. The zero-order valence-electron chi connectivity index (χ0n) is 11.1. The summed E-state index contributed by atoms with van der Waals surface area (Å²) in [5.74, 6) is 0.412. The van der Waals surface area contributed by atoms with Crippen molar-refractivity contribution in [2.45, 2.75) is 24.3 Å². The molecule has 0 spiro atoms. The van der Waals surface area contributed by atoms with E-state index in [0.717, 1.165) is 0 Å². The van der Waals surface area contributed by atoms with Gasteiger partial charge in [0.1, 0.15) is 4.90 Å². The summed E-state index contributed by atoms with van der Waals surface area (Å²) in [4.78, 5) is -0.123. The zero-order valence-corrected chi connectivity index (χ0v) is 13.5. The lowest BCUT2D eigenvalue weighted by Gasteiger charge is -2.14. The molecular formula is C12H15ClN2O3S2. The highest BCUT2D eigenvalue weighted by atomic mass is 35.5. The van der Waals surface area contributed by atoms with E-state index >= 15 is 0 Å². The van der Waals surface area contributed by atoms with Crippen LogP contribution in [0.1, 0.15) is 18.9 Å². The van der Waals surface area contributed by atoms with Crippen LogP contribution >= 0.6 is 11.6 Å². The molecule has 1 aromatic carbocycles. The zero-order chi connectivity index (χ0) is 15.3. The van der Waals surface area contributed by atoms with Crippen LogP contribution in [-0.4, -0.2) is 30.7 Å². The third-order valence-electron chi connectivity index (χ3n) is 2.54. The summed E-state index contributed by atoms with van der Waals surface area (Å²) in [7, 11) is -4.78. The van der Waals surface area contributed by atoms with Crippen molar-refractivity contribution in [2.75, 3.05) is 12.0 Å². The summed E-state index contributed by atoms with van der Waals surface area (Å²) < 4.78 is 37.9. The minimum absolute atomic E-state index is 0.0581. The van der Waals surface area contributed by atoms with E-state index in [1.165, 1.54) is 18.2 Å². The van der Waals surface area contributed by atoms with E-state index in [9.17, 15) is 12.6 Å². The molecule has 1 rings (SSSR count). The Balaban J connectivity index is 2.94. The van der Waals surface area contributed by atoms with Crippen molar-refractivity contribution in [3.05, 3.63) is 28.8 Å². The summed E-state index contributed by atoms with van der Waals surface area (Å²) >= 11 is 5.87. The first-order valence-corrected chi connectivity index (χ1v) is 9.37. The highest BCUT2D eigenvalue weighted by Crippen LogP contribution is 2.22. The molecule has 8 heteroatoms. The van der Waals surface area contributed by atoms with E-state index in [4.69, 9.17) is 16.9 Å². The van der Waals surface area contributed by atoms with E-state index in [1.54, 1.807) is 13.2 Å². The Labute approximate surface area is 126 Å². The molecule has 110 valence electrons. The predicted octanol–water partition coefficient (Wildman–Crippen LogP) is 1.65. The number of hydrogen-bond acceptors (Lipinski definition) is 4. The minimum atomic E-state index is -3.80. The summed E-state index contributed by atoms with van der Waals surface area (Å²) in [6, 6.07) is 5.56. The van der Waals surface area contributed by atoms with Gasteiger partial charge in [-0.1, -0.05) is 11.6 Å². The predicted molar refractivity (Wildman–Crippen MR) is 79.5 cm³/mol. The third kappa shape index (κ3) is 4.87. The highest BCUT2D eigenvalue weighted by Gasteiger charge is 2.21. The van der Waals surface area contributed by atoms with Crippen LogP contribution in [0.4, 0.5) is 0 Å². The molecule has 0 bridgehead atoms. The maximum absolute atomic E-state index is 12.2. The number of halogens is 1. The third-order valence-corrected chi connectivity index (χ3v) is 5.43. The summed E-state index contributed by atoms with van der Waals surface area (Å²) in [6.45, 7) is 1.69. The van der Waals surface area contributed by atoms with E-state index < -0.39 is 20.8 Å². The largest absolute Gasteiger partial charge is 0.260 e. The molecule has 0 aliphatic rings. The first-order valence-electron chi connectivity index (χ1n) is 5.78. The van der Waals surface area contributed by atoms with Crippen LogP contribution in [-0.2, 0) is 20.8 Å². The van der Waals surface area contributed by atoms with Crippen LogP contribution in [0.5, 0.6) is 0 Å². The molecule has 2 atom stereocenters. The Hall–Kier alpha value is -0.940. The molecule has 0 radical (unpaired) electrons. The second kappa shape index (κ2) is 7.18. The standard InChI is InChI=1S/C12H15ClN2O3S2/c1-9(5-6-19(2)16)15-20(17,18)12-7-10(8-14)3-4-11(12)13/h3-4,7,9,15H,5-6H2,1-2H3. The minimum Gasteiger partial charge on any atom is -0.260 e. The van der Waals surface area contributed by atoms with E-state index in [0.29, 0.717) is 12.2 Å². The average Bonchev–Trinajstić information content (AvgIpc) is 2.36. The molecule has 1 aromatic rings. The molecule has 0 aliphatic heterocycles. The fourth-order valence-electron chi connectivity index (χ4n) is 1.51. The second-order valence-electron chi connectivity index (χ2n) is 4.35. The fraction of sp³-hybridized carbons (Fsp3) is 0.417. The number of hydrogen-bond donors (Lipinski definition) is 1. The van der Waals surface area contributed by atoms with Gasteiger partial charge in [-0.2, -0.15) is 5.26 Å². The molecule has 5 nitrogen and oxygen atoms in total. The lowest BCUT2D eigenvalue weighted by molar-refractivity contribution is 0.556.